The second-order valence-corrected chi connectivity index (χ2v) is 4.85. The highest BCUT2D eigenvalue weighted by molar-refractivity contribution is 5.85. The number of carbonyl (C=O) groups excluding carboxylic acids is 1. The van der Waals surface area contributed by atoms with Crippen LogP contribution in [0.5, 0.6) is 0 Å². The summed E-state index contributed by atoms with van der Waals surface area (Å²) in [5.74, 6) is 0.0396. The predicted octanol–water partition coefficient (Wildman–Crippen LogP) is 1.69. The molecule has 0 aliphatic rings. The molecule has 0 unspecified atom stereocenters. The van der Waals surface area contributed by atoms with Crippen molar-refractivity contribution in [3.8, 4) is 0 Å². The molecule has 5 heteroatoms. The highest BCUT2D eigenvalue weighted by atomic mass is 35.5. The van der Waals surface area contributed by atoms with Crippen LogP contribution in [0.1, 0.15) is 19.4 Å². The van der Waals surface area contributed by atoms with Crippen LogP contribution in [-0.4, -0.2) is 37.0 Å². The molecule has 1 aromatic carbocycles. The SMILES string of the molecule is CC(C)N(C)CCNC(=O)Cc1cccc(N)c1.Cl. The molecule has 1 rings (SSSR count). The Labute approximate surface area is 121 Å². The van der Waals surface area contributed by atoms with Crippen molar-refractivity contribution in [2.75, 3.05) is 25.9 Å². The largest absolute Gasteiger partial charge is 0.399 e. The van der Waals surface area contributed by atoms with Gasteiger partial charge < -0.3 is 16.0 Å². The fourth-order valence-electron chi connectivity index (χ4n) is 1.58. The molecular formula is C14H24ClN3O. The molecule has 3 N–H and O–H groups in total. The maximum Gasteiger partial charge on any atom is 0.224 e. The number of likely N-dealkylation sites (N-methyl/N-ethyl adjacent to an activating group) is 1. The summed E-state index contributed by atoms with van der Waals surface area (Å²) < 4.78 is 0. The van der Waals surface area contributed by atoms with Crippen LogP contribution in [0.4, 0.5) is 5.69 Å². The van der Waals surface area contributed by atoms with Gasteiger partial charge in [-0.05, 0) is 38.6 Å². The third kappa shape index (κ3) is 7.03. The highest BCUT2D eigenvalue weighted by Gasteiger charge is 2.05. The molecule has 0 aromatic heterocycles. The van der Waals surface area contributed by atoms with Crippen LogP contribution in [0.25, 0.3) is 0 Å². The summed E-state index contributed by atoms with van der Waals surface area (Å²) >= 11 is 0. The lowest BCUT2D eigenvalue weighted by Gasteiger charge is -2.20. The van der Waals surface area contributed by atoms with Crippen molar-refractivity contribution in [2.24, 2.45) is 0 Å². The maximum absolute atomic E-state index is 11.7. The van der Waals surface area contributed by atoms with Crippen molar-refractivity contribution in [3.05, 3.63) is 29.8 Å². The predicted molar refractivity (Wildman–Crippen MR) is 82.6 cm³/mol. The number of rotatable bonds is 6. The molecule has 0 radical (unpaired) electrons. The lowest BCUT2D eigenvalue weighted by atomic mass is 10.1. The first kappa shape index (κ1) is 17.7. The van der Waals surface area contributed by atoms with Crippen molar-refractivity contribution in [3.63, 3.8) is 0 Å². The van der Waals surface area contributed by atoms with Gasteiger partial charge in [0.2, 0.25) is 5.91 Å². The fraction of sp³-hybridized carbons (Fsp3) is 0.500. The number of hydrogen-bond donors (Lipinski definition) is 2. The number of carbonyl (C=O) groups is 1. The molecule has 1 amide bonds. The van der Waals surface area contributed by atoms with E-state index in [9.17, 15) is 4.79 Å². The first-order valence-electron chi connectivity index (χ1n) is 6.30. The standard InChI is InChI=1S/C14H23N3O.ClH/c1-11(2)17(3)8-7-16-14(18)10-12-5-4-6-13(15)9-12;/h4-6,9,11H,7-8,10,15H2,1-3H3,(H,16,18);1H. The number of benzene rings is 1. The smallest absolute Gasteiger partial charge is 0.224 e. The third-order valence-corrected chi connectivity index (χ3v) is 2.98. The van der Waals surface area contributed by atoms with Crippen LogP contribution in [-0.2, 0) is 11.2 Å². The Hall–Kier alpha value is -1.26. The molecule has 0 heterocycles. The van der Waals surface area contributed by atoms with Crippen molar-refractivity contribution in [1.29, 1.82) is 0 Å². The van der Waals surface area contributed by atoms with Gasteiger partial charge in [0.1, 0.15) is 0 Å². The van der Waals surface area contributed by atoms with Crippen molar-refractivity contribution >= 4 is 24.0 Å². The Morgan fingerprint density at radius 3 is 2.68 bits per heavy atom. The van der Waals surface area contributed by atoms with E-state index in [-0.39, 0.29) is 18.3 Å². The molecule has 0 atom stereocenters. The second kappa shape index (κ2) is 8.77. The van der Waals surface area contributed by atoms with Gasteiger partial charge in [-0.25, -0.2) is 0 Å². The van der Waals surface area contributed by atoms with Crippen LogP contribution in [0.3, 0.4) is 0 Å². The molecule has 0 saturated carbocycles. The Balaban J connectivity index is 0.00000324. The quantitative estimate of drug-likeness (QED) is 0.782. The minimum Gasteiger partial charge on any atom is -0.399 e. The number of halogens is 1. The minimum absolute atomic E-state index is 0. The maximum atomic E-state index is 11.7. The first-order valence-corrected chi connectivity index (χ1v) is 6.30. The molecule has 0 spiro atoms. The zero-order valence-electron chi connectivity index (χ0n) is 11.8. The van der Waals surface area contributed by atoms with Gasteiger partial charge in [0, 0.05) is 24.8 Å². The molecule has 0 aliphatic carbocycles. The monoisotopic (exact) mass is 285 g/mol. The van der Waals surface area contributed by atoms with E-state index >= 15 is 0 Å². The molecule has 0 bridgehead atoms. The summed E-state index contributed by atoms with van der Waals surface area (Å²) in [6.45, 7) is 5.80. The summed E-state index contributed by atoms with van der Waals surface area (Å²) in [7, 11) is 2.05. The van der Waals surface area contributed by atoms with Crippen molar-refractivity contribution in [1.82, 2.24) is 10.2 Å². The van der Waals surface area contributed by atoms with Gasteiger partial charge in [-0.2, -0.15) is 0 Å². The first-order chi connectivity index (χ1) is 8.49. The molecule has 1 aromatic rings. The Morgan fingerprint density at radius 1 is 1.42 bits per heavy atom. The molecule has 4 nitrogen and oxygen atoms in total. The van der Waals surface area contributed by atoms with Crippen LogP contribution >= 0.6 is 12.4 Å². The van der Waals surface area contributed by atoms with E-state index in [4.69, 9.17) is 5.73 Å². The molecule has 0 fully saturated rings. The number of hydrogen-bond acceptors (Lipinski definition) is 3. The van der Waals surface area contributed by atoms with E-state index in [0.29, 0.717) is 24.7 Å². The van der Waals surface area contributed by atoms with Crippen molar-refractivity contribution < 1.29 is 4.79 Å². The number of nitrogens with one attached hydrogen (secondary N) is 1. The van der Waals surface area contributed by atoms with Gasteiger partial charge in [0.15, 0.2) is 0 Å². The number of amides is 1. The van der Waals surface area contributed by atoms with Crippen LogP contribution in [0, 0.1) is 0 Å². The van der Waals surface area contributed by atoms with E-state index in [1.54, 1.807) is 0 Å². The van der Waals surface area contributed by atoms with Gasteiger partial charge in [-0.3, -0.25) is 4.79 Å². The van der Waals surface area contributed by atoms with Gasteiger partial charge in [-0.15, -0.1) is 12.4 Å². The van der Waals surface area contributed by atoms with Gasteiger partial charge in [0.05, 0.1) is 6.42 Å². The van der Waals surface area contributed by atoms with E-state index in [0.717, 1.165) is 12.1 Å². The Bertz CT molecular complexity index is 396. The lowest BCUT2D eigenvalue weighted by molar-refractivity contribution is -0.120. The number of nitrogens with two attached hydrogens (primary N) is 1. The molecule has 0 aliphatic heterocycles. The summed E-state index contributed by atoms with van der Waals surface area (Å²) in [6.07, 6.45) is 0.385. The average Bonchev–Trinajstić information content (AvgIpc) is 2.28. The third-order valence-electron chi connectivity index (χ3n) is 2.98. The lowest BCUT2D eigenvalue weighted by Crippen LogP contribution is -2.36. The number of nitrogens with zero attached hydrogens (tertiary/aromatic N) is 1. The van der Waals surface area contributed by atoms with Gasteiger partial charge >= 0.3 is 0 Å². The molecule has 0 saturated heterocycles. The summed E-state index contributed by atoms with van der Waals surface area (Å²) in [5, 5.41) is 2.91. The van der Waals surface area contributed by atoms with Gasteiger partial charge in [-0.1, -0.05) is 12.1 Å². The normalized spacial score (nSPS) is 10.4. The van der Waals surface area contributed by atoms with E-state index in [1.807, 2.05) is 24.3 Å². The molecular weight excluding hydrogens is 262 g/mol. The average molecular weight is 286 g/mol. The minimum atomic E-state index is 0. The Kier molecular flexibility index (Phi) is 8.19. The molecule has 108 valence electrons. The zero-order valence-corrected chi connectivity index (χ0v) is 12.7. The number of anilines is 1. The Morgan fingerprint density at radius 2 is 2.11 bits per heavy atom. The van der Waals surface area contributed by atoms with Crippen LogP contribution in [0.2, 0.25) is 0 Å². The van der Waals surface area contributed by atoms with Crippen LogP contribution in [0.15, 0.2) is 24.3 Å². The summed E-state index contributed by atoms with van der Waals surface area (Å²) in [4.78, 5) is 13.9. The number of nitrogen functional groups attached to an aromatic ring is 1. The summed E-state index contributed by atoms with van der Waals surface area (Å²) in [6, 6.07) is 7.93. The van der Waals surface area contributed by atoms with Gasteiger partial charge in [0.25, 0.3) is 0 Å². The highest BCUT2D eigenvalue weighted by Crippen LogP contribution is 2.06. The van der Waals surface area contributed by atoms with E-state index in [2.05, 4.69) is 31.1 Å². The fourth-order valence-corrected chi connectivity index (χ4v) is 1.58. The topological polar surface area (TPSA) is 58.4 Å². The van der Waals surface area contributed by atoms with E-state index < -0.39 is 0 Å². The molecule has 19 heavy (non-hydrogen) atoms. The zero-order chi connectivity index (χ0) is 13.5. The second-order valence-electron chi connectivity index (χ2n) is 4.85. The van der Waals surface area contributed by atoms with E-state index in [1.165, 1.54) is 0 Å². The van der Waals surface area contributed by atoms with Crippen LogP contribution < -0.4 is 11.1 Å². The summed E-state index contributed by atoms with van der Waals surface area (Å²) in [5.41, 5.74) is 7.31. The van der Waals surface area contributed by atoms with Crippen molar-refractivity contribution in [2.45, 2.75) is 26.3 Å².